The van der Waals surface area contributed by atoms with Crippen LogP contribution in [0, 0.1) is 13.8 Å². The fourth-order valence-electron chi connectivity index (χ4n) is 1.79. The topological polar surface area (TPSA) is 59.8 Å². The molecule has 0 saturated carbocycles. The molecule has 0 aromatic carbocycles. The van der Waals surface area contributed by atoms with Gasteiger partial charge in [0.2, 0.25) is 0 Å². The number of aromatic nitrogens is 3. The fourth-order valence-corrected chi connectivity index (χ4v) is 1.79. The lowest BCUT2D eigenvalue weighted by Gasteiger charge is -2.05. The number of carbonyl (C=O) groups is 1. The minimum absolute atomic E-state index is 0.205. The van der Waals surface area contributed by atoms with Gasteiger partial charge in [-0.3, -0.25) is 9.78 Å². The van der Waals surface area contributed by atoms with E-state index in [0.717, 1.165) is 11.3 Å². The van der Waals surface area contributed by atoms with Gasteiger partial charge in [-0.25, -0.2) is 4.98 Å². The molecule has 0 spiro atoms. The number of carbonyl (C=O) groups excluding carboxylic acids is 1. The summed E-state index contributed by atoms with van der Waals surface area (Å²) in [6.07, 6.45) is 4.51. The summed E-state index contributed by atoms with van der Waals surface area (Å²) in [6, 6.07) is 2.08. The molecule has 0 aliphatic carbocycles. The number of aryl methyl sites for hydroxylation is 1. The number of hydrogen-bond donors (Lipinski definition) is 1. The first-order chi connectivity index (χ1) is 8.59. The molecule has 2 heterocycles. The SMILES string of the molecule is Cc1cc(CNC(=O)c2cnccn2)c(C)n1C. The lowest BCUT2D eigenvalue weighted by atomic mass is 10.2. The average Bonchev–Trinajstić information content (AvgIpc) is 2.64. The highest BCUT2D eigenvalue weighted by atomic mass is 16.1. The number of nitrogens with one attached hydrogen (secondary N) is 1. The number of nitrogens with zero attached hydrogens (tertiary/aromatic N) is 3. The summed E-state index contributed by atoms with van der Waals surface area (Å²) in [4.78, 5) is 19.6. The summed E-state index contributed by atoms with van der Waals surface area (Å²) in [5.41, 5.74) is 3.79. The van der Waals surface area contributed by atoms with Crippen LogP contribution in [-0.4, -0.2) is 20.4 Å². The minimum Gasteiger partial charge on any atom is -0.352 e. The van der Waals surface area contributed by atoms with Crippen molar-refractivity contribution in [2.45, 2.75) is 20.4 Å². The zero-order valence-electron chi connectivity index (χ0n) is 10.8. The first-order valence-corrected chi connectivity index (χ1v) is 5.75. The van der Waals surface area contributed by atoms with Crippen molar-refractivity contribution in [2.75, 3.05) is 0 Å². The lowest BCUT2D eigenvalue weighted by molar-refractivity contribution is 0.0945. The Morgan fingerprint density at radius 1 is 1.39 bits per heavy atom. The van der Waals surface area contributed by atoms with Crippen LogP contribution in [0.1, 0.15) is 27.4 Å². The van der Waals surface area contributed by atoms with E-state index in [-0.39, 0.29) is 5.91 Å². The van der Waals surface area contributed by atoms with Crippen LogP contribution in [-0.2, 0) is 13.6 Å². The van der Waals surface area contributed by atoms with Gasteiger partial charge in [0.25, 0.3) is 5.91 Å². The van der Waals surface area contributed by atoms with E-state index in [0.29, 0.717) is 12.2 Å². The molecule has 0 aliphatic heterocycles. The monoisotopic (exact) mass is 244 g/mol. The molecule has 5 heteroatoms. The molecule has 0 fully saturated rings. The van der Waals surface area contributed by atoms with Gasteiger partial charge in [-0.2, -0.15) is 0 Å². The van der Waals surface area contributed by atoms with Crippen molar-refractivity contribution in [3.05, 3.63) is 47.3 Å². The van der Waals surface area contributed by atoms with E-state index in [9.17, 15) is 4.79 Å². The van der Waals surface area contributed by atoms with Crippen molar-refractivity contribution < 1.29 is 4.79 Å². The van der Waals surface area contributed by atoms with Crippen LogP contribution in [0.3, 0.4) is 0 Å². The van der Waals surface area contributed by atoms with E-state index >= 15 is 0 Å². The molecular formula is C13H16N4O. The second kappa shape index (κ2) is 5.00. The van der Waals surface area contributed by atoms with Crippen LogP contribution < -0.4 is 5.32 Å². The maximum atomic E-state index is 11.8. The molecule has 0 aliphatic rings. The van der Waals surface area contributed by atoms with E-state index in [4.69, 9.17) is 0 Å². The maximum Gasteiger partial charge on any atom is 0.271 e. The molecule has 1 N–H and O–H groups in total. The maximum absolute atomic E-state index is 11.8. The number of hydrogen-bond acceptors (Lipinski definition) is 3. The second-order valence-corrected chi connectivity index (χ2v) is 4.23. The summed E-state index contributed by atoms with van der Waals surface area (Å²) in [5.74, 6) is -0.205. The van der Waals surface area contributed by atoms with Crippen LogP contribution in [0.5, 0.6) is 0 Å². The van der Waals surface area contributed by atoms with Gasteiger partial charge in [-0.05, 0) is 25.5 Å². The molecule has 1 amide bonds. The predicted octanol–water partition coefficient (Wildman–Crippen LogP) is 1.36. The quantitative estimate of drug-likeness (QED) is 0.887. The zero-order valence-corrected chi connectivity index (χ0v) is 10.8. The van der Waals surface area contributed by atoms with Crippen LogP contribution in [0.2, 0.25) is 0 Å². The Bertz CT molecular complexity index is 560. The van der Waals surface area contributed by atoms with Crippen molar-refractivity contribution in [2.24, 2.45) is 7.05 Å². The lowest BCUT2D eigenvalue weighted by Crippen LogP contribution is -2.24. The minimum atomic E-state index is -0.205. The van der Waals surface area contributed by atoms with Gasteiger partial charge in [-0.15, -0.1) is 0 Å². The normalized spacial score (nSPS) is 10.4. The molecule has 0 unspecified atom stereocenters. The molecule has 2 rings (SSSR count). The Balaban J connectivity index is 2.04. The molecule has 18 heavy (non-hydrogen) atoms. The summed E-state index contributed by atoms with van der Waals surface area (Å²) >= 11 is 0. The van der Waals surface area contributed by atoms with Gasteiger partial charge in [0, 0.05) is 37.4 Å². The predicted molar refractivity (Wildman–Crippen MR) is 68.1 cm³/mol. The van der Waals surface area contributed by atoms with E-state index in [2.05, 4.69) is 25.9 Å². The molecule has 2 aromatic rings. The van der Waals surface area contributed by atoms with Crippen molar-refractivity contribution >= 4 is 5.91 Å². The van der Waals surface area contributed by atoms with Crippen LogP contribution >= 0.6 is 0 Å². The van der Waals surface area contributed by atoms with E-state index in [1.54, 1.807) is 6.20 Å². The largest absolute Gasteiger partial charge is 0.352 e. The van der Waals surface area contributed by atoms with Crippen LogP contribution in [0.25, 0.3) is 0 Å². The Morgan fingerprint density at radius 2 is 2.17 bits per heavy atom. The molecule has 0 bridgehead atoms. The number of amides is 1. The van der Waals surface area contributed by atoms with Gasteiger partial charge < -0.3 is 9.88 Å². The summed E-state index contributed by atoms with van der Waals surface area (Å²) in [7, 11) is 2.01. The fraction of sp³-hybridized carbons (Fsp3) is 0.308. The molecule has 0 saturated heterocycles. The van der Waals surface area contributed by atoms with E-state index in [1.165, 1.54) is 18.1 Å². The van der Waals surface area contributed by atoms with Crippen LogP contribution in [0.4, 0.5) is 0 Å². The van der Waals surface area contributed by atoms with Gasteiger partial charge in [-0.1, -0.05) is 0 Å². The Kier molecular flexibility index (Phi) is 3.41. The Labute approximate surface area is 106 Å². The highest BCUT2D eigenvalue weighted by molar-refractivity contribution is 5.91. The smallest absolute Gasteiger partial charge is 0.271 e. The zero-order chi connectivity index (χ0) is 13.1. The molecule has 2 aromatic heterocycles. The molecule has 94 valence electrons. The summed E-state index contributed by atoms with van der Waals surface area (Å²) in [6.45, 7) is 4.58. The van der Waals surface area contributed by atoms with E-state index < -0.39 is 0 Å². The highest BCUT2D eigenvalue weighted by Crippen LogP contribution is 2.12. The molecule has 0 radical (unpaired) electrons. The molecule has 5 nitrogen and oxygen atoms in total. The third-order valence-electron chi connectivity index (χ3n) is 3.12. The second-order valence-electron chi connectivity index (χ2n) is 4.23. The van der Waals surface area contributed by atoms with Crippen molar-refractivity contribution in [1.29, 1.82) is 0 Å². The van der Waals surface area contributed by atoms with Gasteiger partial charge in [0.15, 0.2) is 0 Å². The van der Waals surface area contributed by atoms with Gasteiger partial charge in [0.05, 0.1) is 6.20 Å². The third kappa shape index (κ3) is 2.40. The van der Waals surface area contributed by atoms with Gasteiger partial charge >= 0.3 is 0 Å². The molecular weight excluding hydrogens is 228 g/mol. The Morgan fingerprint density at radius 3 is 2.72 bits per heavy atom. The third-order valence-corrected chi connectivity index (χ3v) is 3.12. The summed E-state index contributed by atoms with van der Waals surface area (Å²) in [5, 5.41) is 2.84. The first-order valence-electron chi connectivity index (χ1n) is 5.75. The highest BCUT2D eigenvalue weighted by Gasteiger charge is 2.09. The Hall–Kier alpha value is -2.17. The van der Waals surface area contributed by atoms with Crippen molar-refractivity contribution in [3.8, 4) is 0 Å². The average molecular weight is 244 g/mol. The molecule has 0 atom stereocenters. The van der Waals surface area contributed by atoms with Gasteiger partial charge in [0.1, 0.15) is 5.69 Å². The van der Waals surface area contributed by atoms with Crippen LogP contribution in [0.15, 0.2) is 24.7 Å². The van der Waals surface area contributed by atoms with Crippen molar-refractivity contribution in [1.82, 2.24) is 19.9 Å². The van der Waals surface area contributed by atoms with E-state index in [1.807, 2.05) is 20.9 Å². The number of rotatable bonds is 3. The standard InChI is InChI=1S/C13H16N4O/c1-9-6-11(10(2)17(9)3)7-16-13(18)12-8-14-4-5-15-12/h4-6,8H,7H2,1-3H3,(H,16,18). The first kappa shape index (κ1) is 12.3. The summed E-state index contributed by atoms with van der Waals surface area (Å²) < 4.78 is 2.10. The van der Waals surface area contributed by atoms with Crippen molar-refractivity contribution in [3.63, 3.8) is 0 Å².